The second kappa shape index (κ2) is 11.3. The third kappa shape index (κ3) is 5.70. The number of methoxy groups -OCH3 is 2. The van der Waals surface area contributed by atoms with E-state index >= 15 is 0 Å². The first-order valence-electron chi connectivity index (χ1n) is 11.7. The quantitative estimate of drug-likeness (QED) is 0.445. The summed E-state index contributed by atoms with van der Waals surface area (Å²) in [7, 11) is 3.00. The highest BCUT2D eigenvalue weighted by Gasteiger charge is 2.34. The lowest BCUT2D eigenvalue weighted by atomic mass is 10.1. The van der Waals surface area contributed by atoms with Gasteiger partial charge in [0, 0.05) is 23.3 Å². The summed E-state index contributed by atoms with van der Waals surface area (Å²) in [4.78, 5) is 44.3. The Bertz CT molecular complexity index is 1310. The highest BCUT2D eigenvalue weighted by Crippen LogP contribution is 2.29. The molecular formula is C28H28ClN3O5. The molecule has 0 N–H and O–H groups in total. The molecule has 3 aromatic rings. The zero-order valence-corrected chi connectivity index (χ0v) is 21.7. The van der Waals surface area contributed by atoms with Gasteiger partial charge in [0.15, 0.2) is 0 Å². The minimum Gasteiger partial charge on any atom is -0.497 e. The van der Waals surface area contributed by atoms with E-state index < -0.39 is 0 Å². The van der Waals surface area contributed by atoms with Crippen LogP contribution in [0.2, 0.25) is 5.02 Å². The summed E-state index contributed by atoms with van der Waals surface area (Å²) in [6.45, 7) is 1.83. The second-order valence-electron chi connectivity index (χ2n) is 8.65. The maximum absolute atomic E-state index is 13.7. The van der Waals surface area contributed by atoms with Crippen molar-refractivity contribution in [1.29, 1.82) is 0 Å². The van der Waals surface area contributed by atoms with Crippen LogP contribution in [0.25, 0.3) is 0 Å². The average molecular weight is 522 g/mol. The fraction of sp³-hybridized carbons (Fsp3) is 0.250. The molecule has 0 aromatic heterocycles. The van der Waals surface area contributed by atoms with Crippen molar-refractivity contribution in [2.75, 3.05) is 38.9 Å². The van der Waals surface area contributed by atoms with E-state index in [0.717, 1.165) is 11.1 Å². The van der Waals surface area contributed by atoms with Crippen LogP contribution in [0.4, 0.5) is 5.69 Å². The van der Waals surface area contributed by atoms with Crippen molar-refractivity contribution in [2.45, 2.75) is 13.5 Å². The Morgan fingerprint density at radius 2 is 1.76 bits per heavy atom. The van der Waals surface area contributed by atoms with Gasteiger partial charge in [0.05, 0.1) is 19.8 Å². The van der Waals surface area contributed by atoms with Crippen LogP contribution in [-0.2, 0) is 16.1 Å². The van der Waals surface area contributed by atoms with Crippen molar-refractivity contribution in [3.63, 3.8) is 0 Å². The molecule has 192 valence electrons. The number of ether oxygens (including phenoxy) is 2. The predicted octanol–water partition coefficient (Wildman–Crippen LogP) is 4.14. The molecule has 1 aliphatic heterocycles. The maximum Gasteiger partial charge on any atom is 0.258 e. The van der Waals surface area contributed by atoms with Gasteiger partial charge in [-0.3, -0.25) is 19.3 Å². The van der Waals surface area contributed by atoms with Crippen LogP contribution < -0.4 is 14.4 Å². The van der Waals surface area contributed by atoms with E-state index in [-0.39, 0.29) is 44.0 Å². The molecule has 3 amide bonds. The first kappa shape index (κ1) is 26.0. The van der Waals surface area contributed by atoms with E-state index in [4.69, 9.17) is 21.1 Å². The van der Waals surface area contributed by atoms with Gasteiger partial charge in [-0.2, -0.15) is 0 Å². The van der Waals surface area contributed by atoms with Crippen molar-refractivity contribution in [3.05, 3.63) is 88.4 Å². The molecule has 4 rings (SSSR count). The van der Waals surface area contributed by atoms with Crippen LogP contribution in [0.15, 0.2) is 66.7 Å². The number of hydrogen-bond acceptors (Lipinski definition) is 5. The van der Waals surface area contributed by atoms with Crippen LogP contribution in [0.5, 0.6) is 11.5 Å². The summed E-state index contributed by atoms with van der Waals surface area (Å²) in [5.41, 5.74) is 2.60. The van der Waals surface area contributed by atoms with E-state index in [9.17, 15) is 14.4 Å². The maximum atomic E-state index is 13.7. The second-order valence-corrected chi connectivity index (χ2v) is 9.06. The summed E-state index contributed by atoms with van der Waals surface area (Å²) in [6.07, 6.45) is 0. The van der Waals surface area contributed by atoms with Crippen molar-refractivity contribution < 1.29 is 23.9 Å². The van der Waals surface area contributed by atoms with E-state index in [1.54, 1.807) is 36.4 Å². The molecule has 0 aliphatic carbocycles. The van der Waals surface area contributed by atoms with Crippen molar-refractivity contribution in [2.24, 2.45) is 0 Å². The van der Waals surface area contributed by atoms with Gasteiger partial charge < -0.3 is 19.3 Å². The Morgan fingerprint density at radius 3 is 2.46 bits per heavy atom. The highest BCUT2D eigenvalue weighted by atomic mass is 35.5. The van der Waals surface area contributed by atoms with E-state index in [2.05, 4.69) is 0 Å². The molecular weight excluding hydrogens is 494 g/mol. The normalized spacial score (nSPS) is 13.0. The summed E-state index contributed by atoms with van der Waals surface area (Å²) >= 11 is 6.24. The van der Waals surface area contributed by atoms with Crippen molar-refractivity contribution >= 4 is 35.0 Å². The summed E-state index contributed by atoms with van der Waals surface area (Å²) in [6, 6.07) is 19.6. The van der Waals surface area contributed by atoms with E-state index in [0.29, 0.717) is 27.8 Å². The summed E-state index contributed by atoms with van der Waals surface area (Å²) < 4.78 is 10.7. The number of amides is 3. The molecule has 9 heteroatoms. The Labute approximate surface area is 220 Å². The monoisotopic (exact) mass is 521 g/mol. The number of hydrogen-bond donors (Lipinski definition) is 0. The minimum atomic E-state index is -0.371. The molecule has 37 heavy (non-hydrogen) atoms. The fourth-order valence-corrected chi connectivity index (χ4v) is 4.40. The molecule has 1 saturated heterocycles. The van der Waals surface area contributed by atoms with Gasteiger partial charge in [-0.1, -0.05) is 48.0 Å². The number of carbonyl (C=O) groups is 3. The van der Waals surface area contributed by atoms with E-state index in [1.807, 2.05) is 37.3 Å². The molecule has 0 atom stereocenters. The lowest BCUT2D eigenvalue weighted by Crippen LogP contribution is -2.42. The van der Waals surface area contributed by atoms with Crippen molar-refractivity contribution in [3.8, 4) is 11.5 Å². The predicted molar refractivity (Wildman–Crippen MR) is 141 cm³/mol. The number of anilines is 1. The lowest BCUT2D eigenvalue weighted by Gasteiger charge is -2.26. The van der Waals surface area contributed by atoms with Gasteiger partial charge in [-0.25, -0.2) is 0 Å². The SMILES string of the molecule is COc1ccc(C(=O)N(CC(=O)N2CC(=O)N(c3cccc(Cl)c3C)C2)Cc2ccccc2)c(OC)c1. The Hall–Kier alpha value is -4.04. The zero-order valence-electron chi connectivity index (χ0n) is 20.9. The Balaban J connectivity index is 1.57. The molecule has 3 aromatic carbocycles. The summed E-state index contributed by atoms with van der Waals surface area (Å²) in [5, 5.41) is 0.545. The van der Waals surface area contributed by atoms with Crippen molar-refractivity contribution in [1.82, 2.24) is 9.80 Å². The molecule has 1 aliphatic rings. The minimum absolute atomic E-state index is 0.0794. The molecule has 1 fully saturated rings. The first-order valence-corrected chi connectivity index (χ1v) is 12.1. The molecule has 0 spiro atoms. The third-order valence-electron chi connectivity index (χ3n) is 6.29. The molecule has 1 heterocycles. The van der Waals surface area contributed by atoms with Crippen LogP contribution in [0.1, 0.15) is 21.5 Å². The smallest absolute Gasteiger partial charge is 0.258 e. The van der Waals surface area contributed by atoms with Crippen LogP contribution in [0, 0.1) is 6.92 Å². The molecule has 8 nitrogen and oxygen atoms in total. The lowest BCUT2D eigenvalue weighted by molar-refractivity contribution is -0.132. The molecule has 0 unspecified atom stereocenters. The number of benzene rings is 3. The number of carbonyl (C=O) groups excluding carboxylic acids is 3. The van der Waals surface area contributed by atoms with E-state index in [1.165, 1.54) is 28.9 Å². The first-order chi connectivity index (χ1) is 17.8. The molecule has 0 saturated carbocycles. The van der Waals surface area contributed by atoms with Crippen LogP contribution in [0.3, 0.4) is 0 Å². The average Bonchev–Trinajstić information content (AvgIpc) is 3.31. The van der Waals surface area contributed by atoms with Gasteiger partial charge in [0.25, 0.3) is 5.91 Å². The van der Waals surface area contributed by atoms with Gasteiger partial charge in [0.1, 0.15) is 31.3 Å². The number of rotatable bonds is 8. The molecule has 0 bridgehead atoms. The Kier molecular flexibility index (Phi) is 7.98. The topological polar surface area (TPSA) is 79.4 Å². The van der Waals surface area contributed by atoms with Crippen LogP contribution >= 0.6 is 11.6 Å². The van der Waals surface area contributed by atoms with Crippen LogP contribution in [-0.4, -0.2) is 61.5 Å². The zero-order chi connectivity index (χ0) is 26.5. The fourth-order valence-electron chi connectivity index (χ4n) is 4.23. The third-order valence-corrected chi connectivity index (χ3v) is 6.70. The van der Waals surface area contributed by atoms with Gasteiger partial charge in [-0.15, -0.1) is 0 Å². The standard InChI is InChI=1S/C28H28ClN3O5/c1-19-23(29)10-7-11-24(19)32-18-31(17-27(32)34)26(33)16-30(15-20-8-5-4-6-9-20)28(35)22-13-12-21(36-2)14-25(22)37-3/h4-14H,15-18H2,1-3H3. The highest BCUT2D eigenvalue weighted by molar-refractivity contribution is 6.31. The van der Waals surface area contributed by atoms with Gasteiger partial charge in [0.2, 0.25) is 11.8 Å². The van der Waals surface area contributed by atoms with Gasteiger partial charge in [-0.05, 0) is 42.3 Å². The Morgan fingerprint density at radius 1 is 1.00 bits per heavy atom. The van der Waals surface area contributed by atoms with Gasteiger partial charge >= 0.3 is 0 Å². The number of halogens is 1. The summed E-state index contributed by atoms with van der Waals surface area (Å²) in [5.74, 6) is -0.0339. The molecule has 0 radical (unpaired) electrons. The largest absolute Gasteiger partial charge is 0.497 e. The number of nitrogens with zero attached hydrogens (tertiary/aromatic N) is 3.